The number of benzene rings is 1. The Balaban J connectivity index is 1.60. The van der Waals surface area contributed by atoms with Gasteiger partial charge in [-0.3, -0.25) is 0 Å². The Morgan fingerprint density at radius 1 is 1.24 bits per heavy atom. The standard InChI is InChI=1S/C22H36N4O3/c1-3-23-22(26-11-8-19(17-26)16-25-9-4-5-10-25)24-15-18-6-7-20(29-13-12-27)21(14-18)28-2/h6-7,14,19,27H,3-5,8-13,15-17H2,1-2H3,(H,23,24). The summed E-state index contributed by atoms with van der Waals surface area (Å²) in [6, 6.07) is 5.84. The number of hydrogen-bond acceptors (Lipinski definition) is 5. The molecule has 7 nitrogen and oxygen atoms in total. The molecule has 1 atom stereocenters. The second-order valence-electron chi connectivity index (χ2n) is 7.84. The quantitative estimate of drug-likeness (QED) is 0.484. The lowest BCUT2D eigenvalue weighted by atomic mass is 10.1. The number of ether oxygens (including phenoxy) is 2. The first-order valence-corrected chi connectivity index (χ1v) is 10.9. The monoisotopic (exact) mass is 404 g/mol. The van der Waals surface area contributed by atoms with E-state index in [-0.39, 0.29) is 13.2 Å². The van der Waals surface area contributed by atoms with Gasteiger partial charge in [0.25, 0.3) is 0 Å². The molecule has 162 valence electrons. The number of guanidine groups is 1. The molecular formula is C22H36N4O3. The van der Waals surface area contributed by atoms with E-state index in [9.17, 15) is 0 Å². The van der Waals surface area contributed by atoms with Gasteiger partial charge in [-0.05, 0) is 62.9 Å². The minimum absolute atomic E-state index is 0.0180. The number of aliphatic hydroxyl groups excluding tert-OH is 1. The van der Waals surface area contributed by atoms with Crippen molar-refractivity contribution in [2.24, 2.45) is 10.9 Å². The predicted molar refractivity (Wildman–Crippen MR) is 116 cm³/mol. The molecule has 1 unspecified atom stereocenters. The fraction of sp³-hybridized carbons (Fsp3) is 0.682. The minimum Gasteiger partial charge on any atom is -0.493 e. The summed E-state index contributed by atoms with van der Waals surface area (Å²) in [4.78, 5) is 9.90. The van der Waals surface area contributed by atoms with Crippen LogP contribution in [-0.2, 0) is 6.54 Å². The van der Waals surface area contributed by atoms with E-state index in [1.54, 1.807) is 7.11 Å². The third kappa shape index (κ3) is 6.24. The molecule has 0 aliphatic carbocycles. The van der Waals surface area contributed by atoms with Crippen molar-refractivity contribution in [1.82, 2.24) is 15.1 Å². The Kier molecular flexibility index (Phi) is 8.43. The largest absolute Gasteiger partial charge is 0.493 e. The molecule has 2 aliphatic rings. The molecule has 0 amide bonds. The van der Waals surface area contributed by atoms with Crippen LogP contribution < -0.4 is 14.8 Å². The molecule has 0 saturated carbocycles. The molecule has 0 bridgehead atoms. The summed E-state index contributed by atoms with van der Waals surface area (Å²) in [7, 11) is 1.63. The highest BCUT2D eigenvalue weighted by molar-refractivity contribution is 5.80. The Hall–Kier alpha value is -1.99. The fourth-order valence-corrected chi connectivity index (χ4v) is 4.18. The molecule has 0 radical (unpaired) electrons. The van der Waals surface area contributed by atoms with Crippen molar-refractivity contribution < 1.29 is 14.6 Å². The van der Waals surface area contributed by atoms with Gasteiger partial charge < -0.3 is 29.7 Å². The highest BCUT2D eigenvalue weighted by atomic mass is 16.5. The summed E-state index contributed by atoms with van der Waals surface area (Å²) in [6.45, 7) is 9.72. The summed E-state index contributed by atoms with van der Waals surface area (Å²) in [6.07, 6.45) is 3.95. The van der Waals surface area contributed by atoms with Crippen LogP contribution in [0.4, 0.5) is 0 Å². The van der Waals surface area contributed by atoms with Gasteiger partial charge in [-0.2, -0.15) is 0 Å². The third-order valence-corrected chi connectivity index (χ3v) is 5.62. The molecule has 7 heteroatoms. The molecule has 0 spiro atoms. The maximum absolute atomic E-state index is 8.95. The van der Waals surface area contributed by atoms with E-state index in [2.05, 4.69) is 22.0 Å². The lowest BCUT2D eigenvalue weighted by Crippen LogP contribution is -2.40. The first-order chi connectivity index (χ1) is 14.2. The van der Waals surface area contributed by atoms with Crippen molar-refractivity contribution in [1.29, 1.82) is 0 Å². The molecular weight excluding hydrogens is 368 g/mol. The second-order valence-corrected chi connectivity index (χ2v) is 7.84. The van der Waals surface area contributed by atoms with Crippen LogP contribution in [0, 0.1) is 5.92 Å². The number of hydrogen-bond donors (Lipinski definition) is 2. The molecule has 2 saturated heterocycles. The molecule has 0 aromatic heterocycles. The molecule has 2 fully saturated rings. The topological polar surface area (TPSA) is 69.6 Å². The van der Waals surface area contributed by atoms with Crippen LogP contribution in [0.3, 0.4) is 0 Å². The van der Waals surface area contributed by atoms with Gasteiger partial charge in [-0.15, -0.1) is 0 Å². The minimum atomic E-state index is -0.0180. The van der Waals surface area contributed by atoms with Crippen molar-refractivity contribution >= 4 is 5.96 Å². The number of aliphatic hydroxyl groups is 1. The number of aliphatic imine (C=N–C) groups is 1. The number of likely N-dealkylation sites (tertiary alicyclic amines) is 2. The van der Waals surface area contributed by atoms with Gasteiger partial charge in [-0.25, -0.2) is 4.99 Å². The van der Waals surface area contributed by atoms with Crippen LogP contribution >= 0.6 is 0 Å². The fourth-order valence-electron chi connectivity index (χ4n) is 4.18. The zero-order valence-corrected chi connectivity index (χ0v) is 17.9. The summed E-state index contributed by atoms with van der Waals surface area (Å²) in [5.41, 5.74) is 1.07. The predicted octanol–water partition coefficient (Wildman–Crippen LogP) is 1.95. The van der Waals surface area contributed by atoms with E-state index in [1.807, 2.05) is 18.2 Å². The summed E-state index contributed by atoms with van der Waals surface area (Å²) < 4.78 is 10.9. The molecule has 1 aromatic carbocycles. The van der Waals surface area contributed by atoms with Crippen molar-refractivity contribution in [2.75, 3.05) is 59.6 Å². The number of rotatable bonds is 9. The zero-order valence-electron chi connectivity index (χ0n) is 17.9. The van der Waals surface area contributed by atoms with Gasteiger partial charge in [-0.1, -0.05) is 6.07 Å². The van der Waals surface area contributed by atoms with E-state index in [4.69, 9.17) is 19.6 Å². The van der Waals surface area contributed by atoms with Gasteiger partial charge in [0.05, 0.1) is 20.3 Å². The van der Waals surface area contributed by atoms with E-state index >= 15 is 0 Å². The van der Waals surface area contributed by atoms with Crippen molar-refractivity contribution in [2.45, 2.75) is 32.7 Å². The Bertz CT molecular complexity index is 661. The second kappa shape index (κ2) is 11.3. The Labute approximate surface area is 174 Å². The van der Waals surface area contributed by atoms with Crippen LogP contribution in [0.15, 0.2) is 23.2 Å². The van der Waals surface area contributed by atoms with E-state index in [0.29, 0.717) is 18.0 Å². The van der Waals surface area contributed by atoms with Crippen LogP contribution in [0.5, 0.6) is 11.5 Å². The van der Waals surface area contributed by atoms with E-state index in [0.717, 1.165) is 37.1 Å². The summed E-state index contributed by atoms with van der Waals surface area (Å²) >= 11 is 0. The smallest absolute Gasteiger partial charge is 0.194 e. The van der Waals surface area contributed by atoms with Gasteiger partial charge in [0.15, 0.2) is 17.5 Å². The number of nitrogens with one attached hydrogen (secondary N) is 1. The number of nitrogens with zero attached hydrogens (tertiary/aromatic N) is 3. The van der Waals surface area contributed by atoms with Gasteiger partial charge in [0.2, 0.25) is 0 Å². The Morgan fingerprint density at radius 2 is 2.07 bits per heavy atom. The van der Waals surface area contributed by atoms with Gasteiger partial charge >= 0.3 is 0 Å². The van der Waals surface area contributed by atoms with Gasteiger partial charge in [0, 0.05) is 26.2 Å². The molecule has 2 N–H and O–H groups in total. The third-order valence-electron chi connectivity index (χ3n) is 5.62. The molecule has 1 aromatic rings. The lowest BCUT2D eigenvalue weighted by molar-refractivity contribution is 0.196. The average Bonchev–Trinajstić information content (AvgIpc) is 3.42. The van der Waals surface area contributed by atoms with E-state index < -0.39 is 0 Å². The Morgan fingerprint density at radius 3 is 2.79 bits per heavy atom. The van der Waals surface area contributed by atoms with Crippen LogP contribution in [-0.4, -0.2) is 80.5 Å². The first-order valence-electron chi connectivity index (χ1n) is 10.9. The number of methoxy groups -OCH3 is 1. The molecule has 2 heterocycles. The average molecular weight is 405 g/mol. The first kappa shape index (κ1) is 21.7. The molecule has 3 rings (SSSR count). The normalized spacial score (nSPS) is 20.3. The van der Waals surface area contributed by atoms with Crippen LogP contribution in [0.1, 0.15) is 31.7 Å². The van der Waals surface area contributed by atoms with Crippen LogP contribution in [0.2, 0.25) is 0 Å². The molecule has 29 heavy (non-hydrogen) atoms. The molecule has 2 aliphatic heterocycles. The van der Waals surface area contributed by atoms with Crippen molar-refractivity contribution in [3.63, 3.8) is 0 Å². The van der Waals surface area contributed by atoms with Crippen molar-refractivity contribution in [3.05, 3.63) is 23.8 Å². The van der Waals surface area contributed by atoms with Gasteiger partial charge in [0.1, 0.15) is 6.61 Å². The highest BCUT2D eigenvalue weighted by Gasteiger charge is 2.27. The summed E-state index contributed by atoms with van der Waals surface area (Å²) in [5.74, 6) is 3.05. The maximum Gasteiger partial charge on any atom is 0.194 e. The zero-order chi connectivity index (χ0) is 20.5. The van der Waals surface area contributed by atoms with Crippen LogP contribution in [0.25, 0.3) is 0 Å². The SMILES string of the molecule is CCNC(=NCc1ccc(OCCO)c(OC)c1)N1CCC(CN2CCCC2)C1. The lowest BCUT2D eigenvalue weighted by Gasteiger charge is -2.23. The van der Waals surface area contributed by atoms with E-state index in [1.165, 1.54) is 38.9 Å². The van der Waals surface area contributed by atoms with Crippen molar-refractivity contribution in [3.8, 4) is 11.5 Å². The summed E-state index contributed by atoms with van der Waals surface area (Å²) in [5, 5.41) is 12.4. The highest BCUT2D eigenvalue weighted by Crippen LogP contribution is 2.28. The maximum atomic E-state index is 8.95.